The molecule has 1 atom stereocenters. The SMILES string of the molecule is FC1CNCCN1. The van der Waals surface area contributed by atoms with E-state index in [2.05, 4.69) is 10.6 Å². The summed E-state index contributed by atoms with van der Waals surface area (Å²) in [5, 5.41) is 5.55. The molecular weight excluding hydrogens is 95.1 g/mol. The molecule has 1 unspecified atom stereocenters. The molecule has 3 heteroatoms. The Balaban J connectivity index is 2.12. The average Bonchev–Trinajstić information content (AvgIpc) is 1.69. The minimum Gasteiger partial charge on any atom is -0.311 e. The van der Waals surface area contributed by atoms with E-state index in [0.29, 0.717) is 6.54 Å². The summed E-state index contributed by atoms with van der Waals surface area (Å²) in [5.74, 6) is 0. The summed E-state index contributed by atoms with van der Waals surface area (Å²) in [4.78, 5) is 0. The Labute approximate surface area is 42.1 Å². The standard InChI is InChI=1S/C4H9FN2/c5-4-3-6-1-2-7-4/h4,6-7H,1-3H2. The molecular formula is C4H9FN2. The molecule has 1 rings (SSSR count). The molecule has 7 heavy (non-hydrogen) atoms. The molecule has 1 heterocycles. The van der Waals surface area contributed by atoms with Crippen molar-refractivity contribution < 1.29 is 4.39 Å². The van der Waals surface area contributed by atoms with Crippen LogP contribution in [-0.2, 0) is 0 Å². The van der Waals surface area contributed by atoms with Crippen LogP contribution in [0.2, 0.25) is 0 Å². The van der Waals surface area contributed by atoms with E-state index in [4.69, 9.17) is 0 Å². The van der Waals surface area contributed by atoms with Crippen molar-refractivity contribution in [3.63, 3.8) is 0 Å². The van der Waals surface area contributed by atoms with E-state index in [-0.39, 0.29) is 0 Å². The van der Waals surface area contributed by atoms with Gasteiger partial charge in [0, 0.05) is 19.6 Å². The van der Waals surface area contributed by atoms with Crippen LogP contribution in [0.5, 0.6) is 0 Å². The highest BCUT2D eigenvalue weighted by molar-refractivity contribution is 4.64. The zero-order chi connectivity index (χ0) is 5.11. The Morgan fingerprint density at radius 3 is 2.57 bits per heavy atom. The average molecular weight is 104 g/mol. The third-order valence-corrected chi connectivity index (χ3v) is 0.991. The zero-order valence-corrected chi connectivity index (χ0v) is 4.08. The molecule has 2 N–H and O–H groups in total. The maximum absolute atomic E-state index is 12.0. The van der Waals surface area contributed by atoms with Crippen molar-refractivity contribution in [1.29, 1.82) is 0 Å². The Hall–Kier alpha value is -0.150. The maximum atomic E-state index is 12.0. The van der Waals surface area contributed by atoms with E-state index in [1.807, 2.05) is 0 Å². The molecule has 1 saturated heterocycles. The minimum absolute atomic E-state index is 0.458. The number of rotatable bonds is 0. The molecule has 42 valence electrons. The van der Waals surface area contributed by atoms with Gasteiger partial charge in [-0.05, 0) is 0 Å². The molecule has 0 aliphatic carbocycles. The lowest BCUT2D eigenvalue weighted by Gasteiger charge is -2.16. The fourth-order valence-corrected chi connectivity index (χ4v) is 0.618. The van der Waals surface area contributed by atoms with Gasteiger partial charge in [0.15, 0.2) is 6.30 Å². The fourth-order valence-electron chi connectivity index (χ4n) is 0.618. The van der Waals surface area contributed by atoms with E-state index in [1.54, 1.807) is 0 Å². The molecule has 1 aliphatic heterocycles. The highest BCUT2D eigenvalue weighted by Crippen LogP contribution is 1.84. The van der Waals surface area contributed by atoms with Gasteiger partial charge in [-0.1, -0.05) is 0 Å². The van der Waals surface area contributed by atoms with Gasteiger partial charge >= 0.3 is 0 Å². The van der Waals surface area contributed by atoms with Crippen molar-refractivity contribution in [2.75, 3.05) is 19.6 Å². The van der Waals surface area contributed by atoms with Crippen LogP contribution in [0.1, 0.15) is 0 Å². The second kappa shape index (κ2) is 2.23. The van der Waals surface area contributed by atoms with Crippen molar-refractivity contribution in [3.05, 3.63) is 0 Å². The molecule has 0 amide bonds. The van der Waals surface area contributed by atoms with Crippen LogP contribution in [0.4, 0.5) is 4.39 Å². The van der Waals surface area contributed by atoms with E-state index >= 15 is 0 Å². The van der Waals surface area contributed by atoms with Crippen molar-refractivity contribution in [1.82, 2.24) is 10.6 Å². The van der Waals surface area contributed by atoms with Crippen LogP contribution in [0.25, 0.3) is 0 Å². The number of piperazine rings is 1. The van der Waals surface area contributed by atoms with Crippen LogP contribution < -0.4 is 10.6 Å². The fraction of sp³-hybridized carbons (Fsp3) is 1.00. The predicted octanol–water partition coefficient (Wildman–Crippen LogP) is -0.525. The third-order valence-electron chi connectivity index (χ3n) is 0.991. The summed E-state index contributed by atoms with van der Waals surface area (Å²) in [6.07, 6.45) is -0.825. The first-order valence-electron chi connectivity index (χ1n) is 2.48. The van der Waals surface area contributed by atoms with E-state index < -0.39 is 6.30 Å². The monoisotopic (exact) mass is 104 g/mol. The molecule has 1 aliphatic rings. The van der Waals surface area contributed by atoms with Gasteiger partial charge in [-0.15, -0.1) is 0 Å². The Kier molecular flexibility index (Phi) is 1.59. The van der Waals surface area contributed by atoms with Crippen LogP contribution >= 0.6 is 0 Å². The van der Waals surface area contributed by atoms with Gasteiger partial charge in [-0.2, -0.15) is 0 Å². The lowest BCUT2D eigenvalue weighted by atomic mass is 10.4. The quantitative estimate of drug-likeness (QED) is 0.404. The lowest BCUT2D eigenvalue weighted by molar-refractivity contribution is 0.238. The maximum Gasteiger partial charge on any atom is 0.163 e. The van der Waals surface area contributed by atoms with Gasteiger partial charge in [0.1, 0.15) is 0 Å². The Morgan fingerprint density at radius 1 is 1.43 bits per heavy atom. The highest BCUT2D eigenvalue weighted by atomic mass is 19.1. The summed E-state index contributed by atoms with van der Waals surface area (Å²) >= 11 is 0. The van der Waals surface area contributed by atoms with Gasteiger partial charge in [0.2, 0.25) is 0 Å². The summed E-state index contributed by atoms with van der Waals surface area (Å²) < 4.78 is 12.0. The summed E-state index contributed by atoms with van der Waals surface area (Å²) in [5.41, 5.74) is 0. The molecule has 0 bridgehead atoms. The largest absolute Gasteiger partial charge is 0.311 e. The number of nitrogens with one attached hydrogen (secondary N) is 2. The van der Waals surface area contributed by atoms with Crippen LogP contribution in [0.3, 0.4) is 0 Å². The summed E-state index contributed by atoms with van der Waals surface area (Å²) in [6, 6.07) is 0. The molecule has 0 saturated carbocycles. The second-order valence-corrected chi connectivity index (χ2v) is 1.63. The molecule has 1 fully saturated rings. The van der Waals surface area contributed by atoms with E-state index in [0.717, 1.165) is 13.1 Å². The van der Waals surface area contributed by atoms with Gasteiger partial charge in [-0.25, -0.2) is 4.39 Å². The van der Waals surface area contributed by atoms with Gasteiger partial charge in [0.25, 0.3) is 0 Å². The predicted molar refractivity (Wildman–Crippen MR) is 25.8 cm³/mol. The third kappa shape index (κ3) is 1.41. The number of alkyl halides is 1. The molecule has 0 aromatic carbocycles. The topological polar surface area (TPSA) is 24.1 Å². The van der Waals surface area contributed by atoms with E-state index in [9.17, 15) is 4.39 Å². The van der Waals surface area contributed by atoms with Crippen LogP contribution in [0.15, 0.2) is 0 Å². The van der Waals surface area contributed by atoms with Crippen molar-refractivity contribution in [2.45, 2.75) is 6.30 Å². The first-order valence-corrected chi connectivity index (χ1v) is 2.48. The smallest absolute Gasteiger partial charge is 0.163 e. The number of halogens is 1. The summed E-state index contributed by atoms with van der Waals surface area (Å²) in [6.45, 7) is 2.10. The molecule has 2 nitrogen and oxygen atoms in total. The molecule has 0 spiro atoms. The van der Waals surface area contributed by atoms with Crippen LogP contribution in [-0.4, -0.2) is 25.9 Å². The van der Waals surface area contributed by atoms with Crippen molar-refractivity contribution >= 4 is 0 Å². The van der Waals surface area contributed by atoms with Crippen LogP contribution in [0, 0.1) is 0 Å². The van der Waals surface area contributed by atoms with Crippen molar-refractivity contribution in [2.24, 2.45) is 0 Å². The number of hydrogen-bond acceptors (Lipinski definition) is 2. The first-order chi connectivity index (χ1) is 3.39. The number of hydrogen-bond donors (Lipinski definition) is 2. The van der Waals surface area contributed by atoms with Gasteiger partial charge in [-0.3, -0.25) is 5.32 Å². The first kappa shape index (κ1) is 5.00. The second-order valence-electron chi connectivity index (χ2n) is 1.63. The Bertz CT molecular complexity index is 51.7. The lowest BCUT2D eigenvalue weighted by Crippen LogP contribution is -2.45. The summed E-state index contributed by atoms with van der Waals surface area (Å²) in [7, 11) is 0. The van der Waals surface area contributed by atoms with Crippen molar-refractivity contribution in [3.8, 4) is 0 Å². The normalized spacial score (nSPS) is 33.0. The van der Waals surface area contributed by atoms with E-state index in [1.165, 1.54) is 0 Å². The minimum atomic E-state index is -0.825. The molecule has 0 radical (unpaired) electrons. The Morgan fingerprint density at radius 2 is 2.29 bits per heavy atom. The zero-order valence-electron chi connectivity index (χ0n) is 4.08. The molecule has 0 aromatic heterocycles. The van der Waals surface area contributed by atoms with Gasteiger partial charge in [0.05, 0.1) is 0 Å². The van der Waals surface area contributed by atoms with Gasteiger partial charge < -0.3 is 5.32 Å². The molecule has 0 aromatic rings. The highest BCUT2D eigenvalue weighted by Gasteiger charge is 2.07.